The van der Waals surface area contributed by atoms with Crippen LogP contribution in [0.15, 0.2) is 88.0 Å². The third kappa shape index (κ3) is 5.93. The number of urea groups is 1. The molecule has 1 fully saturated rings. The van der Waals surface area contributed by atoms with E-state index in [1.54, 1.807) is 0 Å². The van der Waals surface area contributed by atoms with Gasteiger partial charge >= 0.3 is 17.7 Å². The molecule has 3 aromatic rings. The van der Waals surface area contributed by atoms with E-state index in [0.29, 0.717) is 5.56 Å². The second-order valence-corrected chi connectivity index (χ2v) is 8.35. The Balaban J connectivity index is 1.56. The van der Waals surface area contributed by atoms with Crippen molar-refractivity contribution in [2.45, 2.75) is 6.61 Å². The number of rotatable bonds is 8. The van der Waals surface area contributed by atoms with Gasteiger partial charge in [-0.1, -0.05) is 30.4 Å². The average molecular weight is 560 g/mol. The second kappa shape index (κ2) is 11.9. The number of imide groups is 2. The quantitative estimate of drug-likeness (QED) is 0.0885. The summed E-state index contributed by atoms with van der Waals surface area (Å²) in [6, 6.07) is 9.95. The number of allylic oxidation sites excluding steroid dienone is 4. The van der Waals surface area contributed by atoms with Crippen molar-refractivity contribution in [2.75, 3.05) is 4.90 Å². The number of benzene rings is 2. The van der Waals surface area contributed by atoms with Crippen molar-refractivity contribution in [1.82, 2.24) is 14.9 Å². The second-order valence-electron chi connectivity index (χ2n) is 8.35. The van der Waals surface area contributed by atoms with Crippen molar-refractivity contribution in [1.29, 1.82) is 0 Å². The van der Waals surface area contributed by atoms with Crippen molar-refractivity contribution in [3.05, 3.63) is 116 Å². The summed E-state index contributed by atoms with van der Waals surface area (Å²) in [5.74, 6) is -3.72. The highest BCUT2D eigenvalue weighted by molar-refractivity contribution is 6.37. The number of barbiturate groups is 1. The molecule has 2 heterocycles. The number of carbonyl (C=O) groups excluding carboxylic acids is 3. The molecule has 0 radical (unpaired) electrons. The number of carbonyl (C=O) groups is 4. The molecule has 2 aromatic carbocycles. The lowest BCUT2D eigenvalue weighted by Gasteiger charge is -2.26. The molecular weight excluding hydrogens is 540 g/mol. The average Bonchev–Trinajstić information content (AvgIpc) is 2.92. The van der Waals surface area contributed by atoms with Crippen molar-refractivity contribution >= 4 is 35.6 Å². The number of aromatic hydroxyl groups is 1. The highest BCUT2D eigenvalue weighted by Gasteiger charge is 2.36. The summed E-state index contributed by atoms with van der Waals surface area (Å²) in [6.07, 6.45) is 6.21. The molecule has 14 nitrogen and oxygen atoms in total. The molecule has 0 aliphatic carbocycles. The summed E-state index contributed by atoms with van der Waals surface area (Å²) in [5, 5.41) is 30.3. The Morgan fingerprint density at radius 3 is 2.20 bits per heavy atom. The Bertz CT molecular complexity index is 1750. The lowest BCUT2D eigenvalue weighted by Crippen LogP contribution is -2.54. The fourth-order valence-corrected chi connectivity index (χ4v) is 3.78. The molecule has 1 saturated heterocycles. The lowest BCUT2D eigenvalue weighted by atomic mass is 10.1. The van der Waals surface area contributed by atoms with E-state index >= 15 is 0 Å². The number of hydrogen-bond donors (Lipinski definition) is 5. The number of anilines is 1. The molecule has 208 valence electrons. The number of nitrogens with zero attached hydrogens (tertiary/aromatic N) is 2. The van der Waals surface area contributed by atoms with Crippen molar-refractivity contribution in [3.63, 3.8) is 0 Å². The van der Waals surface area contributed by atoms with Crippen LogP contribution in [0.1, 0.15) is 21.5 Å². The Morgan fingerprint density at radius 1 is 0.902 bits per heavy atom. The third-order valence-corrected chi connectivity index (χ3v) is 5.77. The van der Waals surface area contributed by atoms with Crippen LogP contribution in [0, 0.1) is 0 Å². The molecule has 0 unspecified atom stereocenters. The van der Waals surface area contributed by atoms with Crippen LogP contribution >= 0.6 is 0 Å². The normalized spacial score (nSPS) is 14.8. The van der Waals surface area contributed by atoms with Gasteiger partial charge in [0, 0.05) is 0 Å². The summed E-state index contributed by atoms with van der Waals surface area (Å²) in [4.78, 5) is 80.0. The van der Waals surface area contributed by atoms with Gasteiger partial charge in [-0.15, -0.1) is 0 Å². The summed E-state index contributed by atoms with van der Waals surface area (Å²) < 4.78 is 0.776. The fraction of sp³-hybridized carbons (Fsp3) is 0.0370. The Hall–Kier alpha value is -5.86. The molecule has 0 atom stereocenters. The molecule has 0 bridgehead atoms. The van der Waals surface area contributed by atoms with Crippen molar-refractivity contribution < 1.29 is 39.5 Å². The number of aromatic amines is 1. The fourth-order valence-electron chi connectivity index (χ4n) is 3.78. The van der Waals surface area contributed by atoms with Gasteiger partial charge in [0.1, 0.15) is 17.7 Å². The molecule has 14 heteroatoms. The van der Waals surface area contributed by atoms with E-state index in [2.05, 4.69) is 15.2 Å². The van der Waals surface area contributed by atoms with Crippen LogP contribution in [-0.4, -0.2) is 48.8 Å². The maximum absolute atomic E-state index is 12.9. The first kappa shape index (κ1) is 28.2. The first-order chi connectivity index (χ1) is 19.6. The summed E-state index contributed by atoms with van der Waals surface area (Å²) in [7, 11) is 0. The minimum absolute atomic E-state index is 0.0474. The van der Waals surface area contributed by atoms with Crippen molar-refractivity contribution in [3.8, 4) is 11.6 Å². The molecule has 1 aromatic heterocycles. The van der Waals surface area contributed by atoms with Crippen LogP contribution in [0.3, 0.4) is 0 Å². The predicted octanol–water partition coefficient (Wildman–Crippen LogP) is 1.70. The van der Waals surface area contributed by atoms with Gasteiger partial charge in [-0.3, -0.25) is 29.9 Å². The van der Waals surface area contributed by atoms with Gasteiger partial charge in [0.25, 0.3) is 17.4 Å². The highest BCUT2D eigenvalue weighted by Crippen LogP contribution is 2.22. The predicted molar refractivity (Wildman–Crippen MR) is 142 cm³/mol. The van der Waals surface area contributed by atoms with E-state index in [0.717, 1.165) is 15.5 Å². The van der Waals surface area contributed by atoms with E-state index in [1.165, 1.54) is 72.8 Å². The van der Waals surface area contributed by atoms with Crippen LogP contribution in [0.4, 0.5) is 10.5 Å². The molecule has 41 heavy (non-hydrogen) atoms. The van der Waals surface area contributed by atoms with Gasteiger partial charge in [0.05, 0.1) is 16.9 Å². The summed E-state index contributed by atoms with van der Waals surface area (Å²) >= 11 is 0. The number of aromatic carboxylic acids is 1. The van der Waals surface area contributed by atoms with Gasteiger partial charge in [-0.2, -0.15) is 0 Å². The van der Waals surface area contributed by atoms with E-state index in [1.807, 2.05) is 0 Å². The zero-order valence-corrected chi connectivity index (χ0v) is 20.8. The number of nitrogens with one attached hydrogen (secondary N) is 2. The Kier molecular flexibility index (Phi) is 8.17. The maximum Gasteiger partial charge on any atom is 0.335 e. The number of hydrogen-bond acceptors (Lipinski definition) is 9. The van der Waals surface area contributed by atoms with E-state index in [4.69, 9.17) is 10.4 Å². The van der Waals surface area contributed by atoms with Gasteiger partial charge in [0.2, 0.25) is 5.88 Å². The highest BCUT2D eigenvalue weighted by atomic mass is 17.1. The summed E-state index contributed by atoms with van der Waals surface area (Å²) in [6.45, 7) is -0.104. The first-order valence-electron chi connectivity index (χ1n) is 11.6. The van der Waals surface area contributed by atoms with Gasteiger partial charge in [-0.25, -0.2) is 28.7 Å². The number of aromatic nitrogens is 2. The summed E-state index contributed by atoms with van der Waals surface area (Å²) in [5.41, 5.74) is -1.74. The number of carboxylic acids is 1. The number of carboxylic acid groups (broad SMARTS) is 1. The minimum Gasteiger partial charge on any atom is -0.494 e. The van der Waals surface area contributed by atoms with Crippen LogP contribution in [0.2, 0.25) is 0 Å². The number of amides is 4. The van der Waals surface area contributed by atoms with E-state index in [-0.39, 0.29) is 34.7 Å². The molecule has 1 aliphatic rings. The van der Waals surface area contributed by atoms with Gasteiger partial charge in [-0.05, 0) is 54.1 Å². The van der Waals surface area contributed by atoms with Crippen LogP contribution < -0.4 is 21.5 Å². The first-order valence-corrected chi connectivity index (χ1v) is 11.6. The standard InChI is InChI=1S/C27H20N4O10/c32-21-19(23(34)30(26(38)28-21)17-10-6-15(7-11-17)14-41-40)4-2-1-3-5-20-22(33)29-27(39)31(24(20)35)18-12-8-16(9-13-18)25(36)37/h1-13,35,40H,14H2,(H,36,37)(H,28,32,38)(H,29,33,39)/b2-1+,5-3+,19-4+. The van der Waals surface area contributed by atoms with Gasteiger partial charge < -0.3 is 10.2 Å². The smallest absolute Gasteiger partial charge is 0.335 e. The van der Waals surface area contributed by atoms with Crippen LogP contribution in [0.25, 0.3) is 11.8 Å². The number of H-pyrrole nitrogens is 1. The molecule has 5 N–H and O–H groups in total. The van der Waals surface area contributed by atoms with Crippen LogP contribution in [0.5, 0.6) is 5.88 Å². The minimum atomic E-state index is -1.19. The monoisotopic (exact) mass is 560 g/mol. The topological polar surface area (TPSA) is 208 Å². The largest absolute Gasteiger partial charge is 0.494 e. The van der Waals surface area contributed by atoms with Crippen LogP contribution in [-0.2, 0) is 21.1 Å². The molecule has 0 spiro atoms. The third-order valence-electron chi connectivity index (χ3n) is 5.77. The zero-order valence-electron chi connectivity index (χ0n) is 20.8. The Morgan fingerprint density at radius 2 is 1.56 bits per heavy atom. The SMILES string of the molecule is O=C1NC(=O)N(c2ccc(COO)cc2)C(=O)/C1=C/C=C/C=C/c1c(O)n(-c2ccc(C(=O)O)cc2)c(=O)[nH]c1=O. The maximum atomic E-state index is 12.9. The molecule has 4 rings (SSSR count). The molecule has 1 aliphatic heterocycles. The molecule has 4 amide bonds. The van der Waals surface area contributed by atoms with E-state index < -0.39 is 40.9 Å². The zero-order chi connectivity index (χ0) is 29.7. The molecular formula is C27H20N4O10. The van der Waals surface area contributed by atoms with Gasteiger partial charge in [0.15, 0.2) is 0 Å². The Labute approximate surface area is 229 Å². The van der Waals surface area contributed by atoms with Crippen molar-refractivity contribution in [2.24, 2.45) is 0 Å². The lowest BCUT2D eigenvalue weighted by molar-refractivity contribution is -0.253. The molecule has 0 saturated carbocycles. The van der Waals surface area contributed by atoms with E-state index in [9.17, 15) is 33.9 Å².